The first kappa shape index (κ1) is 10.5. The van der Waals surface area contributed by atoms with E-state index in [1.54, 1.807) is 0 Å². The maximum Gasteiger partial charge on any atom is 1.00 e. The molecular formula is C7H8ClLiS. The summed E-state index contributed by atoms with van der Waals surface area (Å²) in [4.78, 5) is 0.835. The third-order valence-corrected chi connectivity index (χ3v) is 1.94. The maximum absolute atomic E-state index is 5.74. The second kappa shape index (κ2) is 4.36. The van der Waals surface area contributed by atoms with Crippen molar-refractivity contribution in [2.24, 2.45) is 0 Å². The normalized spacial score (nSPS) is 8.70. The van der Waals surface area contributed by atoms with Crippen molar-refractivity contribution >= 4 is 24.2 Å². The van der Waals surface area contributed by atoms with Crippen molar-refractivity contribution in [2.45, 2.75) is 11.8 Å². The van der Waals surface area contributed by atoms with Crippen LogP contribution in [0.2, 0.25) is 5.02 Å². The van der Waals surface area contributed by atoms with E-state index >= 15 is 0 Å². The number of benzene rings is 1. The van der Waals surface area contributed by atoms with Crippen LogP contribution in [0.5, 0.6) is 0 Å². The Bertz CT molecular complexity index is 230. The Morgan fingerprint density at radius 1 is 1.50 bits per heavy atom. The molecule has 10 heavy (non-hydrogen) atoms. The average molecular weight is 167 g/mol. The zero-order valence-corrected chi connectivity index (χ0v) is 7.71. The molecule has 50 valence electrons. The van der Waals surface area contributed by atoms with Crippen LogP contribution in [0, 0.1) is 6.92 Å². The van der Waals surface area contributed by atoms with Gasteiger partial charge in [0.25, 0.3) is 0 Å². The number of aryl methyl sites for hydroxylation is 1. The molecular weight excluding hydrogens is 159 g/mol. The summed E-state index contributed by atoms with van der Waals surface area (Å²) in [7, 11) is 0. The largest absolute Gasteiger partial charge is 1.00 e. The van der Waals surface area contributed by atoms with Crippen LogP contribution in [-0.4, -0.2) is 0 Å². The smallest absolute Gasteiger partial charge is 1.00 e. The Balaban J connectivity index is 0. The molecule has 0 saturated carbocycles. The topological polar surface area (TPSA) is 0 Å². The van der Waals surface area contributed by atoms with Gasteiger partial charge < -0.3 is 1.43 Å². The van der Waals surface area contributed by atoms with Crippen LogP contribution < -0.4 is 18.9 Å². The Labute approximate surface area is 85.0 Å². The summed E-state index contributed by atoms with van der Waals surface area (Å²) in [5, 5.41) is 0.721. The maximum atomic E-state index is 5.74. The molecule has 1 rings (SSSR count). The fraction of sp³-hybridized carbons (Fsp3) is 0.143. The quantitative estimate of drug-likeness (QED) is 0.409. The van der Waals surface area contributed by atoms with Crippen LogP contribution in [0.3, 0.4) is 0 Å². The molecule has 0 N–H and O–H groups in total. The van der Waals surface area contributed by atoms with E-state index in [9.17, 15) is 0 Å². The summed E-state index contributed by atoms with van der Waals surface area (Å²) in [6.45, 7) is 2.00. The van der Waals surface area contributed by atoms with Gasteiger partial charge in [0.05, 0.1) is 5.02 Å². The van der Waals surface area contributed by atoms with Gasteiger partial charge in [-0.05, 0) is 24.6 Å². The van der Waals surface area contributed by atoms with Crippen molar-refractivity contribution in [1.82, 2.24) is 0 Å². The molecule has 0 saturated heterocycles. The first-order valence-corrected chi connectivity index (χ1v) is 3.48. The molecule has 1 aromatic carbocycles. The molecule has 0 radical (unpaired) electrons. The monoisotopic (exact) mass is 166 g/mol. The minimum atomic E-state index is 0. The first-order valence-electron chi connectivity index (χ1n) is 2.65. The van der Waals surface area contributed by atoms with Gasteiger partial charge in [0.2, 0.25) is 0 Å². The summed E-state index contributed by atoms with van der Waals surface area (Å²) < 4.78 is 0. The second-order valence-electron chi connectivity index (χ2n) is 1.95. The molecule has 0 aromatic heterocycles. The van der Waals surface area contributed by atoms with E-state index in [0.29, 0.717) is 0 Å². The SMILES string of the molecule is Cc1ccc(S)c(Cl)c1.[H-].[Li+]. The number of halogens is 1. The van der Waals surface area contributed by atoms with Crippen LogP contribution in [0.15, 0.2) is 23.1 Å². The molecule has 0 atom stereocenters. The van der Waals surface area contributed by atoms with Crippen LogP contribution in [0.1, 0.15) is 6.99 Å². The molecule has 0 fully saturated rings. The molecule has 0 amide bonds. The molecule has 0 nitrogen and oxygen atoms in total. The predicted molar refractivity (Wildman–Crippen MR) is 44.6 cm³/mol. The Kier molecular flexibility index (Phi) is 4.56. The van der Waals surface area contributed by atoms with Crippen molar-refractivity contribution in [3.05, 3.63) is 28.8 Å². The summed E-state index contributed by atoms with van der Waals surface area (Å²) >= 11 is 9.85. The molecule has 0 unspecified atom stereocenters. The standard InChI is InChI=1S/C7H7ClS.Li.H/c1-5-2-3-7(9)6(8)4-5;;/h2-4,9H,1H3;;/q;+1;-1. The van der Waals surface area contributed by atoms with Gasteiger partial charge in [0, 0.05) is 4.90 Å². The van der Waals surface area contributed by atoms with E-state index in [2.05, 4.69) is 12.6 Å². The van der Waals surface area contributed by atoms with Gasteiger partial charge in [-0.2, -0.15) is 0 Å². The summed E-state index contributed by atoms with van der Waals surface area (Å²) in [5.74, 6) is 0. The fourth-order valence-electron chi connectivity index (χ4n) is 0.612. The fourth-order valence-corrected chi connectivity index (χ4v) is 0.986. The van der Waals surface area contributed by atoms with Crippen LogP contribution in [-0.2, 0) is 0 Å². The summed E-state index contributed by atoms with van der Waals surface area (Å²) in [6.07, 6.45) is 0. The van der Waals surface area contributed by atoms with Gasteiger partial charge in [0.15, 0.2) is 0 Å². The molecule has 0 bridgehead atoms. The average Bonchev–Trinajstić information content (AvgIpc) is 1.80. The van der Waals surface area contributed by atoms with Gasteiger partial charge in [-0.25, -0.2) is 0 Å². The molecule has 0 aliphatic rings. The number of thiol groups is 1. The number of hydrogen-bond acceptors (Lipinski definition) is 1. The minimum Gasteiger partial charge on any atom is -1.00 e. The molecule has 0 spiro atoms. The third kappa shape index (κ3) is 2.60. The van der Waals surface area contributed by atoms with Crippen LogP contribution in [0.4, 0.5) is 0 Å². The molecule has 3 heteroatoms. The van der Waals surface area contributed by atoms with Crippen molar-refractivity contribution in [1.29, 1.82) is 0 Å². The zero-order valence-electron chi connectivity index (χ0n) is 7.06. The van der Waals surface area contributed by atoms with Gasteiger partial charge in [0.1, 0.15) is 0 Å². The van der Waals surface area contributed by atoms with E-state index in [4.69, 9.17) is 11.6 Å². The number of rotatable bonds is 0. The third-order valence-electron chi connectivity index (χ3n) is 1.10. The molecule has 1 aromatic rings. The van der Waals surface area contributed by atoms with Crippen molar-refractivity contribution < 1.29 is 20.3 Å². The van der Waals surface area contributed by atoms with Gasteiger partial charge in [-0.15, -0.1) is 12.6 Å². The van der Waals surface area contributed by atoms with Crippen molar-refractivity contribution in [2.75, 3.05) is 0 Å². The van der Waals surface area contributed by atoms with E-state index in [1.165, 1.54) is 0 Å². The van der Waals surface area contributed by atoms with E-state index in [-0.39, 0.29) is 20.3 Å². The van der Waals surface area contributed by atoms with E-state index in [1.807, 2.05) is 25.1 Å². The van der Waals surface area contributed by atoms with Crippen molar-refractivity contribution in [3.8, 4) is 0 Å². The molecule has 0 aliphatic heterocycles. The summed E-state index contributed by atoms with van der Waals surface area (Å²) in [5.41, 5.74) is 1.16. The van der Waals surface area contributed by atoms with Crippen molar-refractivity contribution in [3.63, 3.8) is 0 Å². The first-order chi connectivity index (χ1) is 4.20. The predicted octanol–water partition coefficient (Wildman–Crippen LogP) is 0.0536. The van der Waals surface area contributed by atoms with E-state index in [0.717, 1.165) is 15.5 Å². The second-order valence-corrected chi connectivity index (χ2v) is 2.84. The zero-order chi connectivity index (χ0) is 6.85. The Morgan fingerprint density at radius 2 is 2.10 bits per heavy atom. The van der Waals surface area contributed by atoms with Crippen LogP contribution >= 0.6 is 24.2 Å². The summed E-state index contributed by atoms with van der Waals surface area (Å²) in [6, 6.07) is 5.76. The van der Waals surface area contributed by atoms with E-state index < -0.39 is 0 Å². The molecule has 0 aliphatic carbocycles. The Morgan fingerprint density at radius 3 is 2.50 bits per heavy atom. The van der Waals surface area contributed by atoms with Gasteiger partial charge >= 0.3 is 18.9 Å². The Hall–Kier alpha value is 0.457. The van der Waals surface area contributed by atoms with Gasteiger partial charge in [-0.3, -0.25) is 0 Å². The molecule has 0 heterocycles. The van der Waals surface area contributed by atoms with Gasteiger partial charge in [-0.1, -0.05) is 17.7 Å². The van der Waals surface area contributed by atoms with Crippen LogP contribution in [0.25, 0.3) is 0 Å². The minimum absolute atomic E-state index is 0. The number of hydrogen-bond donors (Lipinski definition) is 1.